The quantitative estimate of drug-likeness (QED) is 0.769. The second-order valence-electron chi connectivity index (χ2n) is 2.33. The van der Waals surface area contributed by atoms with E-state index < -0.39 is 5.91 Å². The van der Waals surface area contributed by atoms with E-state index in [1.54, 1.807) is 6.07 Å². The molecule has 0 saturated heterocycles. The fourth-order valence-electron chi connectivity index (χ4n) is 0.951. The van der Waals surface area contributed by atoms with Gasteiger partial charge in [-0.25, -0.2) is 0 Å². The van der Waals surface area contributed by atoms with Crippen molar-refractivity contribution in [2.24, 2.45) is 5.73 Å². The van der Waals surface area contributed by atoms with Crippen molar-refractivity contribution in [3.8, 4) is 5.75 Å². The van der Waals surface area contributed by atoms with E-state index in [1.165, 1.54) is 7.11 Å². The largest absolute Gasteiger partial charge is 0.495 e. The van der Waals surface area contributed by atoms with Crippen LogP contribution >= 0.6 is 45.2 Å². The number of ether oxygens (including phenoxy) is 1. The molecule has 1 aromatic rings. The molecule has 2 N–H and O–H groups in total. The van der Waals surface area contributed by atoms with Gasteiger partial charge < -0.3 is 10.5 Å². The Morgan fingerprint density at radius 3 is 2.54 bits per heavy atom. The molecule has 0 saturated carbocycles. The lowest BCUT2D eigenvalue weighted by Gasteiger charge is -2.08. The van der Waals surface area contributed by atoms with E-state index in [-0.39, 0.29) is 0 Å². The smallest absolute Gasteiger partial charge is 0.252 e. The number of carbonyl (C=O) groups is 1. The summed E-state index contributed by atoms with van der Waals surface area (Å²) in [5.74, 6) is 0.0850. The lowest BCUT2D eigenvalue weighted by molar-refractivity contribution is 0.0997. The van der Waals surface area contributed by atoms with Crippen LogP contribution in [0.3, 0.4) is 0 Å². The maximum absolute atomic E-state index is 11.0. The molecule has 70 valence electrons. The Labute approximate surface area is 103 Å². The first kappa shape index (κ1) is 11.0. The van der Waals surface area contributed by atoms with Gasteiger partial charge in [0.2, 0.25) is 0 Å². The number of carbonyl (C=O) groups excluding carboxylic acids is 1. The Kier molecular flexibility index (Phi) is 3.77. The highest BCUT2D eigenvalue weighted by Crippen LogP contribution is 2.27. The molecule has 1 amide bonds. The summed E-state index contributed by atoms with van der Waals surface area (Å²) >= 11 is 4.24. The van der Waals surface area contributed by atoms with E-state index in [2.05, 4.69) is 45.2 Å². The number of halogens is 2. The van der Waals surface area contributed by atoms with Crippen molar-refractivity contribution in [1.29, 1.82) is 0 Å². The Bertz CT molecular complexity index is 352. The number of hydrogen-bond donors (Lipinski definition) is 1. The van der Waals surface area contributed by atoms with Crippen molar-refractivity contribution in [3.05, 3.63) is 24.8 Å². The van der Waals surface area contributed by atoms with Gasteiger partial charge in [-0.2, -0.15) is 0 Å². The van der Waals surface area contributed by atoms with Gasteiger partial charge in [0.15, 0.2) is 0 Å². The predicted molar refractivity (Wildman–Crippen MR) is 66.9 cm³/mol. The summed E-state index contributed by atoms with van der Waals surface area (Å²) < 4.78 is 6.94. The molecule has 0 radical (unpaired) electrons. The molecule has 0 aliphatic carbocycles. The van der Waals surface area contributed by atoms with Crippen molar-refractivity contribution in [2.45, 2.75) is 0 Å². The second kappa shape index (κ2) is 4.45. The van der Waals surface area contributed by atoms with Crippen LogP contribution in [0.5, 0.6) is 5.75 Å². The number of benzene rings is 1. The Balaban J connectivity index is 3.38. The number of methoxy groups -OCH3 is 1. The average molecular weight is 403 g/mol. The third kappa shape index (κ3) is 2.46. The molecule has 0 aromatic heterocycles. The Hall–Kier alpha value is -0.0500. The highest BCUT2D eigenvalue weighted by molar-refractivity contribution is 14.1. The van der Waals surface area contributed by atoms with Crippen LogP contribution < -0.4 is 10.5 Å². The van der Waals surface area contributed by atoms with Crippen molar-refractivity contribution in [2.75, 3.05) is 7.11 Å². The van der Waals surface area contributed by atoms with Crippen molar-refractivity contribution >= 4 is 51.1 Å². The van der Waals surface area contributed by atoms with E-state index in [4.69, 9.17) is 10.5 Å². The zero-order chi connectivity index (χ0) is 10.0. The van der Waals surface area contributed by atoms with Crippen LogP contribution in [0.1, 0.15) is 10.4 Å². The third-order valence-corrected chi connectivity index (χ3v) is 2.90. The monoisotopic (exact) mass is 403 g/mol. The number of rotatable bonds is 2. The lowest BCUT2D eigenvalue weighted by atomic mass is 10.2. The molecule has 0 aliphatic heterocycles. The van der Waals surface area contributed by atoms with E-state index in [0.717, 1.165) is 7.14 Å². The molecule has 3 nitrogen and oxygen atoms in total. The normalized spacial score (nSPS) is 9.77. The van der Waals surface area contributed by atoms with Gasteiger partial charge in [-0.15, -0.1) is 0 Å². The van der Waals surface area contributed by atoms with Crippen LogP contribution in [0.4, 0.5) is 0 Å². The zero-order valence-corrected chi connectivity index (χ0v) is 11.1. The van der Waals surface area contributed by atoms with Gasteiger partial charge in [-0.05, 0) is 57.3 Å². The molecular formula is C8H7I2NO2. The molecule has 0 atom stereocenters. The van der Waals surface area contributed by atoms with Crippen LogP contribution in [-0.4, -0.2) is 13.0 Å². The molecule has 0 heterocycles. The molecule has 13 heavy (non-hydrogen) atoms. The fourth-order valence-corrected chi connectivity index (χ4v) is 3.02. The van der Waals surface area contributed by atoms with Gasteiger partial charge in [-0.3, -0.25) is 4.79 Å². The van der Waals surface area contributed by atoms with E-state index in [1.807, 2.05) is 6.07 Å². The molecule has 0 aliphatic rings. The van der Waals surface area contributed by atoms with E-state index >= 15 is 0 Å². The zero-order valence-electron chi connectivity index (χ0n) is 6.80. The van der Waals surface area contributed by atoms with Gasteiger partial charge in [0.05, 0.1) is 16.2 Å². The minimum absolute atomic E-state index is 0.429. The number of hydrogen-bond acceptors (Lipinski definition) is 2. The average Bonchev–Trinajstić information content (AvgIpc) is 2.02. The molecule has 0 spiro atoms. The summed E-state index contributed by atoms with van der Waals surface area (Å²) in [5, 5.41) is 0. The summed E-state index contributed by atoms with van der Waals surface area (Å²) in [4.78, 5) is 11.0. The number of amides is 1. The summed E-state index contributed by atoms with van der Waals surface area (Å²) in [6.45, 7) is 0. The molecule has 5 heteroatoms. The van der Waals surface area contributed by atoms with Gasteiger partial charge in [0.1, 0.15) is 5.75 Å². The van der Waals surface area contributed by atoms with Gasteiger partial charge in [-0.1, -0.05) is 0 Å². The fraction of sp³-hybridized carbons (Fsp3) is 0.125. The standard InChI is InChI=1S/C8H7I2NO2/c1-13-7-5(8(11)12)2-4(9)3-6(7)10/h2-3H,1H3,(H2,11,12). The van der Waals surface area contributed by atoms with Crippen LogP contribution in [0.2, 0.25) is 0 Å². The predicted octanol–water partition coefficient (Wildman–Crippen LogP) is 2.00. The van der Waals surface area contributed by atoms with Gasteiger partial charge >= 0.3 is 0 Å². The number of nitrogens with two attached hydrogens (primary N) is 1. The molecule has 0 fully saturated rings. The van der Waals surface area contributed by atoms with Crippen LogP contribution in [-0.2, 0) is 0 Å². The van der Waals surface area contributed by atoms with Gasteiger partial charge in [0.25, 0.3) is 5.91 Å². The minimum atomic E-state index is -0.465. The topological polar surface area (TPSA) is 52.3 Å². The molecule has 1 aromatic carbocycles. The third-order valence-electron chi connectivity index (χ3n) is 1.48. The first-order chi connectivity index (χ1) is 6.06. The van der Waals surface area contributed by atoms with E-state index in [0.29, 0.717) is 11.3 Å². The number of primary amides is 1. The highest BCUT2D eigenvalue weighted by atomic mass is 127. The van der Waals surface area contributed by atoms with E-state index in [9.17, 15) is 4.79 Å². The van der Waals surface area contributed by atoms with Crippen molar-refractivity contribution < 1.29 is 9.53 Å². The lowest BCUT2D eigenvalue weighted by Crippen LogP contribution is -2.13. The first-order valence-electron chi connectivity index (χ1n) is 3.39. The molecule has 1 rings (SSSR count). The van der Waals surface area contributed by atoms with Gasteiger partial charge in [0, 0.05) is 3.57 Å². The SMILES string of the molecule is COc1c(I)cc(I)cc1C(N)=O. The minimum Gasteiger partial charge on any atom is -0.495 e. The maximum atomic E-state index is 11.0. The molecular weight excluding hydrogens is 396 g/mol. The second-order valence-corrected chi connectivity index (χ2v) is 4.74. The van der Waals surface area contributed by atoms with Crippen LogP contribution in [0, 0.1) is 7.14 Å². The summed E-state index contributed by atoms with van der Waals surface area (Å²) in [7, 11) is 1.52. The van der Waals surface area contributed by atoms with Crippen molar-refractivity contribution in [1.82, 2.24) is 0 Å². The molecule has 0 bridgehead atoms. The van der Waals surface area contributed by atoms with Crippen LogP contribution in [0.15, 0.2) is 12.1 Å². The molecule has 0 unspecified atom stereocenters. The van der Waals surface area contributed by atoms with Crippen LogP contribution in [0.25, 0.3) is 0 Å². The summed E-state index contributed by atoms with van der Waals surface area (Å²) in [6, 6.07) is 3.64. The summed E-state index contributed by atoms with van der Waals surface area (Å²) in [5.41, 5.74) is 5.63. The maximum Gasteiger partial charge on any atom is 0.252 e. The summed E-state index contributed by atoms with van der Waals surface area (Å²) in [6.07, 6.45) is 0. The Morgan fingerprint density at radius 2 is 2.08 bits per heavy atom. The Morgan fingerprint density at radius 1 is 1.46 bits per heavy atom. The van der Waals surface area contributed by atoms with Crippen molar-refractivity contribution in [3.63, 3.8) is 0 Å². The highest BCUT2D eigenvalue weighted by Gasteiger charge is 2.12. The first-order valence-corrected chi connectivity index (χ1v) is 5.55.